The quantitative estimate of drug-likeness (QED) is 0.609. The van der Waals surface area contributed by atoms with Gasteiger partial charge in [0.15, 0.2) is 0 Å². The van der Waals surface area contributed by atoms with Crippen molar-refractivity contribution in [2.45, 2.75) is 64.2 Å². The first-order valence-electron chi connectivity index (χ1n) is 14.0. The summed E-state index contributed by atoms with van der Waals surface area (Å²) < 4.78 is 0. The summed E-state index contributed by atoms with van der Waals surface area (Å²) in [5.74, 6) is 0.368. The lowest BCUT2D eigenvalue weighted by atomic mass is 9.88. The molecule has 8 heteroatoms. The molecule has 0 unspecified atom stereocenters. The van der Waals surface area contributed by atoms with Gasteiger partial charge in [0.25, 0.3) is 0 Å². The van der Waals surface area contributed by atoms with Crippen molar-refractivity contribution < 1.29 is 14.4 Å². The van der Waals surface area contributed by atoms with E-state index >= 15 is 0 Å². The third kappa shape index (κ3) is 5.70. The third-order valence-electron chi connectivity index (χ3n) is 8.16. The maximum atomic E-state index is 13.9. The molecule has 2 aromatic carbocycles. The Balaban J connectivity index is 1.43. The van der Waals surface area contributed by atoms with Crippen LogP contribution in [-0.4, -0.2) is 76.0 Å². The Hall–Kier alpha value is -3.39. The van der Waals surface area contributed by atoms with Crippen molar-refractivity contribution in [3.05, 3.63) is 71.8 Å². The molecule has 5 rings (SSSR count). The number of piperazine rings is 1. The van der Waals surface area contributed by atoms with Crippen LogP contribution in [-0.2, 0) is 22.6 Å². The van der Waals surface area contributed by atoms with Gasteiger partial charge in [-0.3, -0.25) is 9.59 Å². The van der Waals surface area contributed by atoms with Crippen molar-refractivity contribution in [2.75, 3.05) is 26.2 Å². The highest BCUT2D eigenvalue weighted by molar-refractivity contribution is 5.91. The van der Waals surface area contributed by atoms with Gasteiger partial charge in [0.1, 0.15) is 12.2 Å². The highest BCUT2D eigenvalue weighted by atomic mass is 16.2. The summed E-state index contributed by atoms with van der Waals surface area (Å²) in [6.07, 6.45) is 5.81. The van der Waals surface area contributed by atoms with Crippen LogP contribution in [0, 0.1) is 5.92 Å². The second-order valence-electron chi connectivity index (χ2n) is 10.7. The fourth-order valence-corrected chi connectivity index (χ4v) is 6.20. The minimum absolute atomic E-state index is 0.00128. The van der Waals surface area contributed by atoms with E-state index in [2.05, 4.69) is 5.32 Å². The maximum Gasteiger partial charge on any atom is 0.334 e. The van der Waals surface area contributed by atoms with Gasteiger partial charge in [-0.05, 0) is 29.9 Å². The Morgan fingerprint density at radius 3 is 2.24 bits per heavy atom. The number of rotatable bonds is 7. The molecule has 2 saturated heterocycles. The molecule has 2 aromatic rings. The van der Waals surface area contributed by atoms with E-state index in [1.165, 1.54) is 19.3 Å². The zero-order chi connectivity index (χ0) is 26.5. The number of carbonyl (C=O) groups excluding carboxylic acids is 3. The number of amides is 4. The second kappa shape index (κ2) is 12.0. The minimum atomic E-state index is -0.629. The Kier molecular flexibility index (Phi) is 8.27. The lowest BCUT2D eigenvalue weighted by Gasteiger charge is -2.55. The standard InChI is InChI=1S/C30H39N5O3/c1-2-33-22-28(36)34-26(18-23-12-6-3-7-13-23)29(37)32(20-25-16-10-5-11-17-25)21-27(34)35(33)30(38)31-19-24-14-8-4-9-15-24/h3-4,6-9,12-15,25-27H,2,5,10-11,16-22H2,1H3,(H,31,38)/t26-,27-/m0/s1. The van der Waals surface area contributed by atoms with Crippen molar-refractivity contribution in [1.82, 2.24) is 25.1 Å². The number of carbonyl (C=O) groups is 3. The largest absolute Gasteiger partial charge is 0.337 e. The van der Waals surface area contributed by atoms with Gasteiger partial charge in [0, 0.05) is 26.1 Å². The topological polar surface area (TPSA) is 76.2 Å². The average Bonchev–Trinajstić information content (AvgIpc) is 2.95. The van der Waals surface area contributed by atoms with E-state index in [1.54, 1.807) is 9.91 Å². The van der Waals surface area contributed by atoms with E-state index in [0.29, 0.717) is 38.5 Å². The summed E-state index contributed by atoms with van der Waals surface area (Å²) in [6, 6.07) is 18.8. The van der Waals surface area contributed by atoms with Crippen molar-refractivity contribution in [3.8, 4) is 0 Å². The highest BCUT2D eigenvalue weighted by Crippen LogP contribution is 2.31. The first kappa shape index (κ1) is 26.2. The molecule has 4 amide bonds. The summed E-state index contributed by atoms with van der Waals surface area (Å²) in [7, 11) is 0. The second-order valence-corrected chi connectivity index (χ2v) is 10.7. The van der Waals surface area contributed by atoms with Crippen LogP contribution in [0.5, 0.6) is 0 Å². The van der Waals surface area contributed by atoms with Crippen molar-refractivity contribution in [3.63, 3.8) is 0 Å². The molecule has 2 heterocycles. The van der Waals surface area contributed by atoms with Crippen molar-refractivity contribution >= 4 is 17.8 Å². The lowest BCUT2D eigenvalue weighted by molar-refractivity contribution is -0.190. The van der Waals surface area contributed by atoms with Crippen LogP contribution in [0.4, 0.5) is 4.79 Å². The van der Waals surface area contributed by atoms with Gasteiger partial charge in [-0.15, -0.1) is 0 Å². The van der Waals surface area contributed by atoms with Crippen molar-refractivity contribution in [2.24, 2.45) is 5.92 Å². The first-order chi connectivity index (χ1) is 18.5. The monoisotopic (exact) mass is 517 g/mol. The van der Waals surface area contributed by atoms with Crippen LogP contribution < -0.4 is 5.32 Å². The maximum absolute atomic E-state index is 13.9. The number of benzene rings is 2. The van der Waals surface area contributed by atoms with Gasteiger partial charge in [-0.1, -0.05) is 86.8 Å². The molecule has 1 N–H and O–H groups in total. The molecule has 202 valence electrons. The van der Waals surface area contributed by atoms with Crippen LogP contribution in [0.3, 0.4) is 0 Å². The fourth-order valence-electron chi connectivity index (χ4n) is 6.20. The molecular weight excluding hydrogens is 478 g/mol. The van der Waals surface area contributed by atoms with E-state index in [-0.39, 0.29) is 24.4 Å². The molecule has 3 aliphatic rings. The molecular formula is C30H39N5O3. The first-order valence-corrected chi connectivity index (χ1v) is 14.0. The van der Waals surface area contributed by atoms with Gasteiger partial charge < -0.3 is 15.1 Å². The molecule has 1 aliphatic carbocycles. The molecule has 38 heavy (non-hydrogen) atoms. The van der Waals surface area contributed by atoms with Crippen LogP contribution in [0.2, 0.25) is 0 Å². The molecule has 3 fully saturated rings. The van der Waals surface area contributed by atoms with Gasteiger partial charge in [0.2, 0.25) is 11.8 Å². The minimum Gasteiger partial charge on any atom is -0.337 e. The van der Waals surface area contributed by atoms with E-state index in [9.17, 15) is 14.4 Å². The van der Waals surface area contributed by atoms with E-state index < -0.39 is 12.2 Å². The molecule has 0 radical (unpaired) electrons. The molecule has 8 nitrogen and oxygen atoms in total. The predicted molar refractivity (Wildman–Crippen MR) is 145 cm³/mol. The number of nitrogens with zero attached hydrogens (tertiary/aromatic N) is 4. The summed E-state index contributed by atoms with van der Waals surface area (Å²) in [6.45, 7) is 3.97. The van der Waals surface area contributed by atoms with Crippen LogP contribution in [0.25, 0.3) is 0 Å². The summed E-state index contributed by atoms with van der Waals surface area (Å²) in [5, 5.41) is 6.57. The van der Waals surface area contributed by atoms with Gasteiger partial charge in [0.05, 0.1) is 13.1 Å². The number of hydrogen-bond acceptors (Lipinski definition) is 4. The number of hydrazine groups is 1. The summed E-state index contributed by atoms with van der Waals surface area (Å²) >= 11 is 0. The third-order valence-corrected chi connectivity index (χ3v) is 8.16. The number of likely N-dealkylation sites (N-methyl/N-ethyl adjacent to an activating group) is 1. The van der Waals surface area contributed by atoms with Gasteiger partial charge in [-0.25, -0.2) is 14.8 Å². The van der Waals surface area contributed by atoms with Crippen molar-refractivity contribution in [1.29, 1.82) is 0 Å². The number of urea groups is 1. The van der Waals surface area contributed by atoms with Gasteiger partial charge >= 0.3 is 6.03 Å². The summed E-state index contributed by atoms with van der Waals surface area (Å²) in [4.78, 5) is 44.8. The van der Waals surface area contributed by atoms with E-state index in [1.807, 2.05) is 77.5 Å². The SMILES string of the molecule is CCN1CC(=O)N2[C@@H](Cc3ccccc3)C(=O)N(CC3CCCCC3)C[C@@H]2N1C(=O)NCc1ccccc1. The normalized spacial score (nSPS) is 22.9. The molecule has 1 saturated carbocycles. The highest BCUT2D eigenvalue weighted by Gasteiger charge is 2.51. The van der Waals surface area contributed by atoms with Gasteiger partial charge in [-0.2, -0.15) is 0 Å². The summed E-state index contributed by atoms with van der Waals surface area (Å²) in [5.41, 5.74) is 2.02. The van der Waals surface area contributed by atoms with Crippen LogP contribution in [0.15, 0.2) is 60.7 Å². The number of hydrogen-bond donors (Lipinski definition) is 1. The Morgan fingerprint density at radius 2 is 1.58 bits per heavy atom. The molecule has 2 atom stereocenters. The zero-order valence-electron chi connectivity index (χ0n) is 22.3. The molecule has 0 aromatic heterocycles. The van der Waals surface area contributed by atoms with Crippen LogP contribution >= 0.6 is 0 Å². The Labute approximate surface area is 225 Å². The predicted octanol–water partition coefficient (Wildman–Crippen LogP) is 3.64. The Morgan fingerprint density at radius 1 is 0.921 bits per heavy atom. The smallest absolute Gasteiger partial charge is 0.334 e. The lowest BCUT2D eigenvalue weighted by Crippen LogP contribution is -2.76. The van der Waals surface area contributed by atoms with E-state index in [0.717, 1.165) is 24.0 Å². The molecule has 0 spiro atoms. The van der Waals surface area contributed by atoms with E-state index in [4.69, 9.17) is 0 Å². The zero-order valence-corrected chi connectivity index (χ0v) is 22.3. The van der Waals surface area contributed by atoms with Crippen LogP contribution in [0.1, 0.15) is 50.2 Å². The Bertz CT molecular complexity index is 1110. The molecule has 0 bridgehead atoms. The average molecular weight is 518 g/mol. The number of nitrogens with one attached hydrogen (secondary N) is 1. The number of fused-ring (bicyclic) bond motifs is 1. The fraction of sp³-hybridized carbons (Fsp3) is 0.500. The molecule has 2 aliphatic heterocycles.